The Labute approximate surface area is 96.8 Å². The smallest absolute Gasteiger partial charge is 0.407 e. The average Bonchev–Trinajstić information content (AvgIpc) is 2.61. The molecule has 1 atom stereocenters. The van der Waals surface area contributed by atoms with Gasteiger partial charge in [-0.3, -0.25) is 0 Å². The van der Waals surface area contributed by atoms with Crippen molar-refractivity contribution >= 4 is 6.09 Å². The minimum atomic E-state index is -0.617. The van der Waals surface area contributed by atoms with Crippen molar-refractivity contribution in [3.63, 3.8) is 0 Å². The van der Waals surface area contributed by atoms with Gasteiger partial charge in [-0.1, -0.05) is 0 Å². The maximum atomic E-state index is 11.0. The molecule has 0 aromatic rings. The first-order valence-corrected chi connectivity index (χ1v) is 5.70. The van der Waals surface area contributed by atoms with E-state index in [-0.39, 0.29) is 12.1 Å². The Balaban J connectivity index is 2.22. The molecule has 1 rings (SSSR count). The Kier molecular flexibility index (Phi) is 4.56. The van der Waals surface area contributed by atoms with Crippen LogP contribution in [0.15, 0.2) is 0 Å². The van der Waals surface area contributed by atoms with Crippen LogP contribution in [0, 0.1) is 0 Å². The fourth-order valence-corrected chi connectivity index (χ4v) is 1.81. The summed E-state index contributed by atoms with van der Waals surface area (Å²) < 4.78 is 4.55. The first-order valence-electron chi connectivity index (χ1n) is 5.70. The monoisotopic (exact) mass is 230 g/mol. The summed E-state index contributed by atoms with van der Waals surface area (Å²) in [6.07, 6.45) is 1.33. The maximum absolute atomic E-state index is 11.0. The number of carbonyl (C=O) groups is 1. The normalized spacial score (nSPS) is 22.1. The Bertz CT molecular complexity index is 238. The van der Waals surface area contributed by atoms with E-state index < -0.39 is 5.60 Å². The molecular weight excluding hydrogens is 208 g/mol. The summed E-state index contributed by atoms with van der Waals surface area (Å²) in [5, 5.41) is 12.4. The molecule has 16 heavy (non-hydrogen) atoms. The molecule has 0 saturated carbocycles. The molecule has 0 bridgehead atoms. The SMILES string of the molecule is COC(=O)NC1CCN(CCC(C)(C)O)C1. The molecule has 1 amide bonds. The van der Waals surface area contributed by atoms with Crippen molar-refractivity contribution in [3.05, 3.63) is 0 Å². The number of methoxy groups -OCH3 is 1. The summed E-state index contributed by atoms with van der Waals surface area (Å²) in [4.78, 5) is 13.2. The molecule has 1 saturated heterocycles. The van der Waals surface area contributed by atoms with E-state index >= 15 is 0 Å². The summed E-state index contributed by atoms with van der Waals surface area (Å²) in [5.74, 6) is 0. The molecule has 5 heteroatoms. The van der Waals surface area contributed by atoms with Crippen LogP contribution in [0.3, 0.4) is 0 Å². The largest absolute Gasteiger partial charge is 0.453 e. The van der Waals surface area contributed by atoms with E-state index in [0.717, 1.165) is 32.5 Å². The molecule has 0 aliphatic carbocycles. The number of hydrogen-bond acceptors (Lipinski definition) is 4. The van der Waals surface area contributed by atoms with Crippen LogP contribution in [0.4, 0.5) is 4.79 Å². The molecule has 0 radical (unpaired) electrons. The summed E-state index contributed by atoms with van der Waals surface area (Å²) in [5.41, 5.74) is -0.617. The second-order valence-electron chi connectivity index (χ2n) is 4.98. The molecule has 5 nitrogen and oxygen atoms in total. The molecular formula is C11H22N2O3. The van der Waals surface area contributed by atoms with E-state index in [0.29, 0.717) is 0 Å². The molecule has 0 spiro atoms. The van der Waals surface area contributed by atoms with Crippen LogP contribution >= 0.6 is 0 Å². The van der Waals surface area contributed by atoms with Crippen molar-refractivity contribution in [1.29, 1.82) is 0 Å². The highest BCUT2D eigenvalue weighted by Gasteiger charge is 2.25. The Morgan fingerprint density at radius 3 is 2.88 bits per heavy atom. The summed E-state index contributed by atoms with van der Waals surface area (Å²) in [7, 11) is 1.37. The van der Waals surface area contributed by atoms with E-state index in [9.17, 15) is 9.90 Å². The fourth-order valence-electron chi connectivity index (χ4n) is 1.81. The van der Waals surface area contributed by atoms with Gasteiger partial charge in [0, 0.05) is 25.7 Å². The standard InChI is InChI=1S/C11H22N2O3/c1-11(2,15)5-7-13-6-4-9(8-13)12-10(14)16-3/h9,15H,4-8H2,1-3H3,(H,12,14). The predicted octanol–water partition coefficient (Wildman–Crippen LogP) is 0.578. The van der Waals surface area contributed by atoms with E-state index in [2.05, 4.69) is 15.0 Å². The van der Waals surface area contributed by atoms with Gasteiger partial charge in [-0.05, 0) is 26.7 Å². The topological polar surface area (TPSA) is 61.8 Å². The molecule has 1 unspecified atom stereocenters. The van der Waals surface area contributed by atoms with E-state index in [1.54, 1.807) is 0 Å². The van der Waals surface area contributed by atoms with Crippen LogP contribution in [-0.2, 0) is 4.74 Å². The van der Waals surface area contributed by atoms with Crippen molar-refractivity contribution in [3.8, 4) is 0 Å². The maximum Gasteiger partial charge on any atom is 0.407 e. The van der Waals surface area contributed by atoms with Gasteiger partial charge in [-0.2, -0.15) is 0 Å². The lowest BCUT2D eigenvalue weighted by Crippen LogP contribution is -2.37. The van der Waals surface area contributed by atoms with Gasteiger partial charge in [0.15, 0.2) is 0 Å². The third kappa shape index (κ3) is 4.81. The van der Waals surface area contributed by atoms with Crippen molar-refractivity contribution in [1.82, 2.24) is 10.2 Å². The zero-order valence-corrected chi connectivity index (χ0v) is 10.3. The number of carbonyl (C=O) groups excluding carboxylic acids is 1. The highest BCUT2D eigenvalue weighted by Crippen LogP contribution is 2.13. The van der Waals surface area contributed by atoms with Gasteiger partial charge in [0.1, 0.15) is 0 Å². The van der Waals surface area contributed by atoms with Gasteiger partial charge in [-0.15, -0.1) is 0 Å². The Morgan fingerprint density at radius 1 is 1.62 bits per heavy atom. The van der Waals surface area contributed by atoms with Crippen molar-refractivity contribution in [2.75, 3.05) is 26.7 Å². The second kappa shape index (κ2) is 5.50. The minimum Gasteiger partial charge on any atom is -0.453 e. The van der Waals surface area contributed by atoms with Crippen LogP contribution in [-0.4, -0.2) is 54.5 Å². The Morgan fingerprint density at radius 2 is 2.31 bits per heavy atom. The van der Waals surface area contributed by atoms with Crippen molar-refractivity contribution in [2.24, 2.45) is 0 Å². The van der Waals surface area contributed by atoms with Gasteiger partial charge < -0.3 is 20.1 Å². The number of rotatable bonds is 4. The van der Waals surface area contributed by atoms with Gasteiger partial charge >= 0.3 is 6.09 Å². The second-order valence-corrected chi connectivity index (χ2v) is 4.98. The lowest BCUT2D eigenvalue weighted by atomic mass is 10.1. The third-order valence-corrected chi connectivity index (χ3v) is 2.82. The number of alkyl carbamates (subject to hydrolysis) is 1. The zero-order valence-electron chi connectivity index (χ0n) is 10.3. The number of ether oxygens (including phenoxy) is 1. The lowest BCUT2D eigenvalue weighted by Gasteiger charge is -2.22. The molecule has 1 heterocycles. The summed E-state index contributed by atoms with van der Waals surface area (Å²) in [6, 6.07) is 0.175. The van der Waals surface area contributed by atoms with Crippen LogP contribution in [0.1, 0.15) is 26.7 Å². The van der Waals surface area contributed by atoms with E-state index in [1.165, 1.54) is 7.11 Å². The third-order valence-electron chi connectivity index (χ3n) is 2.82. The van der Waals surface area contributed by atoms with E-state index in [4.69, 9.17) is 0 Å². The van der Waals surface area contributed by atoms with Gasteiger partial charge in [0.25, 0.3) is 0 Å². The number of likely N-dealkylation sites (tertiary alicyclic amines) is 1. The molecule has 0 aromatic heterocycles. The van der Waals surface area contributed by atoms with Gasteiger partial charge in [-0.25, -0.2) is 4.79 Å². The first kappa shape index (κ1) is 13.3. The predicted molar refractivity (Wildman–Crippen MR) is 61.3 cm³/mol. The fraction of sp³-hybridized carbons (Fsp3) is 0.909. The van der Waals surface area contributed by atoms with Gasteiger partial charge in [0.2, 0.25) is 0 Å². The number of amides is 1. The van der Waals surface area contributed by atoms with Crippen LogP contribution in [0.25, 0.3) is 0 Å². The summed E-state index contributed by atoms with van der Waals surface area (Å²) in [6.45, 7) is 6.29. The quantitative estimate of drug-likeness (QED) is 0.741. The molecule has 94 valence electrons. The highest BCUT2D eigenvalue weighted by molar-refractivity contribution is 5.67. The molecule has 0 aromatic carbocycles. The number of nitrogens with zero attached hydrogens (tertiary/aromatic N) is 1. The molecule has 1 aliphatic heterocycles. The van der Waals surface area contributed by atoms with Crippen LogP contribution in [0.2, 0.25) is 0 Å². The minimum absolute atomic E-state index is 0.175. The van der Waals surface area contributed by atoms with E-state index in [1.807, 2.05) is 13.8 Å². The first-order chi connectivity index (χ1) is 7.40. The Hall–Kier alpha value is -0.810. The molecule has 1 fully saturated rings. The van der Waals surface area contributed by atoms with Gasteiger partial charge in [0.05, 0.1) is 12.7 Å². The number of aliphatic hydroxyl groups is 1. The lowest BCUT2D eigenvalue weighted by molar-refractivity contribution is 0.0602. The molecule has 1 aliphatic rings. The molecule has 2 N–H and O–H groups in total. The highest BCUT2D eigenvalue weighted by atomic mass is 16.5. The van der Waals surface area contributed by atoms with Crippen molar-refractivity contribution in [2.45, 2.75) is 38.3 Å². The van der Waals surface area contributed by atoms with Crippen molar-refractivity contribution < 1.29 is 14.6 Å². The number of nitrogens with one attached hydrogen (secondary N) is 1. The van der Waals surface area contributed by atoms with Crippen LogP contribution in [0.5, 0.6) is 0 Å². The zero-order chi connectivity index (χ0) is 12.2. The number of hydrogen-bond donors (Lipinski definition) is 2. The summed E-state index contributed by atoms with van der Waals surface area (Å²) >= 11 is 0. The van der Waals surface area contributed by atoms with Crippen LogP contribution < -0.4 is 5.32 Å². The average molecular weight is 230 g/mol.